The molecule has 0 unspecified atom stereocenters. The minimum Gasteiger partial charge on any atom is -0.392 e. The van der Waals surface area contributed by atoms with Crippen LogP contribution in [0, 0.1) is 12.7 Å². The molecule has 0 saturated carbocycles. The van der Waals surface area contributed by atoms with Gasteiger partial charge in [-0.25, -0.2) is 9.37 Å². The van der Waals surface area contributed by atoms with E-state index in [0.29, 0.717) is 39.5 Å². The predicted octanol–water partition coefficient (Wildman–Crippen LogP) is 2.86. The van der Waals surface area contributed by atoms with Crippen LogP contribution < -0.4 is 5.32 Å². The number of pyridine rings is 2. The number of H-pyrrole nitrogens is 2. The Morgan fingerprint density at radius 2 is 2.04 bits per heavy atom. The zero-order valence-electron chi connectivity index (χ0n) is 14.8. The maximum absolute atomic E-state index is 13.1. The lowest BCUT2D eigenvalue weighted by Gasteiger charge is -2.15. The Bertz CT molecular complexity index is 1090. The van der Waals surface area contributed by atoms with Gasteiger partial charge in [-0.3, -0.25) is 15.2 Å². The standard InChI is InChI=1S/C18H18FN7O/c1-9-5-14(24-23-9)17-18-16(25-26-17)11(8-27)6-15(22-18)21-10(2)13-4-3-12(19)7-20-13/h3-7,10,27H,8H2,1-2H3,(H,21,22)(H,23,24)(H,25,26)/t10-/m0/s1. The molecule has 4 heterocycles. The normalized spacial score (nSPS) is 12.4. The first-order chi connectivity index (χ1) is 13.0. The van der Waals surface area contributed by atoms with Gasteiger partial charge in [0.05, 0.1) is 24.5 Å². The van der Waals surface area contributed by atoms with Gasteiger partial charge in [0, 0.05) is 11.3 Å². The molecule has 4 N–H and O–H groups in total. The molecular formula is C18H18FN7O. The number of rotatable bonds is 5. The molecule has 0 aromatic carbocycles. The monoisotopic (exact) mass is 367 g/mol. The van der Waals surface area contributed by atoms with E-state index in [1.54, 1.807) is 12.1 Å². The highest BCUT2D eigenvalue weighted by molar-refractivity contribution is 5.91. The summed E-state index contributed by atoms with van der Waals surface area (Å²) in [5, 5.41) is 27.3. The zero-order valence-corrected chi connectivity index (χ0v) is 14.8. The number of anilines is 1. The highest BCUT2D eigenvalue weighted by Crippen LogP contribution is 2.29. The van der Waals surface area contributed by atoms with Crippen molar-refractivity contribution in [1.29, 1.82) is 0 Å². The molecule has 0 saturated heterocycles. The Morgan fingerprint density at radius 1 is 1.19 bits per heavy atom. The van der Waals surface area contributed by atoms with Crippen molar-refractivity contribution in [3.8, 4) is 11.4 Å². The van der Waals surface area contributed by atoms with Gasteiger partial charge >= 0.3 is 0 Å². The SMILES string of the molecule is Cc1cc(-c2[nH]nc3c(CO)cc(N[C@@H](C)c4ccc(F)cn4)nc23)n[nH]1. The molecule has 0 bridgehead atoms. The summed E-state index contributed by atoms with van der Waals surface area (Å²) < 4.78 is 13.1. The summed E-state index contributed by atoms with van der Waals surface area (Å²) in [4.78, 5) is 8.73. The summed E-state index contributed by atoms with van der Waals surface area (Å²) in [5.41, 5.74) is 4.79. The summed E-state index contributed by atoms with van der Waals surface area (Å²) in [5.74, 6) is 0.172. The first kappa shape index (κ1) is 17.1. The van der Waals surface area contributed by atoms with Crippen LogP contribution in [0.5, 0.6) is 0 Å². The summed E-state index contributed by atoms with van der Waals surface area (Å²) in [6, 6.07) is 6.41. The summed E-state index contributed by atoms with van der Waals surface area (Å²) in [6.07, 6.45) is 1.18. The van der Waals surface area contributed by atoms with E-state index in [2.05, 4.69) is 35.7 Å². The van der Waals surface area contributed by atoms with E-state index >= 15 is 0 Å². The van der Waals surface area contributed by atoms with Gasteiger partial charge in [-0.05, 0) is 38.1 Å². The number of nitrogens with zero attached hydrogens (tertiary/aromatic N) is 4. The molecule has 0 radical (unpaired) electrons. The van der Waals surface area contributed by atoms with Crippen LogP contribution in [0.1, 0.15) is 29.9 Å². The molecule has 4 aromatic heterocycles. The van der Waals surface area contributed by atoms with Crippen LogP contribution in [-0.2, 0) is 6.61 Å². The highest BCUT2D eigenvalue weighted by atomic mass is 19.1. The molecule has 27 heavy (non-hydrogen) atoms. The average molecular weight is 367 g/mol. The predicted molar refractivity (Wildman–Crippen MR) is 98.4 cm³/mol. The maximum Gasteiger partial charge on any atom is 0.141 e. The van der Waals surface area contributed by atoms with Crippen molar-refractivity contribution in [2.24, 2.45) is 0 Å². The Labute approximate surface area is 153 Å². The molecule has 0 amide bonds. The third kappa shape index (κ3) is 3.24. The van der Waals surface area contributed by atoms with E-state index in [9.17, 15) is 9.50 Å². The van der Waals surface area contributed by atoms with E-state index in [-0.39, 0.29) is 18.5 Å². The minimum atomic E-state index is -0.384. The molecular weight excluding hydrogens is 349 g/mol. The summed E-state index contributed by atoms with van der Waals surface area (Å²) in [6.45, 7) is 3.63. The fraction of sp³-hybridized carbons (Fsp3) is 0.222. The quantitative estimate of drug-likeness (QED) is 0.431. The number of aromatic amines is 2. The van der Waals surface area contributed by atoms with Gasteiger partial charge in [0.15, 0.2) is 0 Å². The fourth-order valence-corrected chi connectivity index (χ4v) is 2.91. The number of aliphatic hydroxyl groups is 1. The molecule has 0 aliphatic carbocycles. The Kier molecular flexibility index (Phi) is 4.28. The fourth-order valence-electron chi connectivity index (χ4n) is 2.91. The summed E-state index contributed by atoms with van der Waals surface area (Å²) in [7, 11) is 0. The third-order valence-corrected chi connectivity index (χ3v) is 4.28. The topological polar surface area (TPSA) is 115 Å². The summed E-state index contributed by atoms with van der Waals surface area (Å²) >= 11 is 0. The van der Waals surface area contributed by atoms with Crippen molar-refractivity contribution >= 4 is 16.9 Å². The highest BCUT2D eigenvalue weighted by Gasteiger charge is 2.17. The third-order valence-electron chi connectivity index (χ3n) is 4.28. The molecule has 1 atom stereocenters. The lowest BCUT2D eigenvalue weighted by Crippen LogP contribution is -2.10. The van der Waals surface area contributed by atoms with Gasteiger partial charge in [0.1, 0.15) is 34.1 Å². The Hall–Kier alpha value is -3.33. The van der Waals surface area contributed by atoms with Crippen LogP contribution in [0.2, 0.25) is 0 Å². The molecule has 0 spiro atoms. The number of nitrogens with one attached hydrogen (secondary N) is 3. The van der Waals surface area contributed by atoms with Crippen molar-refractivity contribution < 1.29 is 9.50 Å². The molecule has 0 aliphatic heterocycles. The number of aryl methyl sites for hydroxylation is 1. The second-order valence-corrected chi connectivity index (χ2v) is 6.32. The van der Waals surface area contributed by atoms with Gasteiger partial charge < -0.3 is 10.4 Å². The first-order valence-corrected chi connectivity index (χ1v) is 8.44. The van der Waals surface area contributed by atoms with Crippen molar-refractivity contribution in [3.63, 3.8) is 0 Å². The number of aromatic nitrogens is 6. The molecule has 8 nitrogen and oxygen atoms in total. The van der Waals surface area contributed by atoms with Crippen LogP contribution >= 0.6 is 0 Å². The van der Waals surface area contributed by atoms with Gasteiger partial charge in [0.2, 0.25) is 0 Å². The van der Waals surface area contributed by atoms with Crippen LogP contribution in [-0.4, -0.2) is 35.5 Å². The van der Waals surface area contributed by atoms with Crippen molar-refractivity contribution in [2.45, 2.75) is 26.5 Å². The van der Waals surface area contributed by atoms with Gasteiger partial charge in [-0.15, -0.1) is 0 Å². The van der Waals surface area contributed by atoms with E-state index in [0.717, 1.165) is 5.69 Å². The number of aliphatic hydroxyl groups excluding tert-OH is 1. The molecule has 0 aliphatic rings. The van der Waals surface area contributed by atoms with Crippen LogP contribution in [0.15, 0.2) is 30.5 Å². The smallest absolute Gasteiger partial charge is 0.141 e. The zero-order chi connectivity index (χ0) is 19.0. The average Bonchev–Trinajstić information content (AvgIpc) is 3.27. The number of hydrogen-bond donors (Lipinski definition) is 4. The van der Waals surface area contributed by atoms with Crippen LogP contribution in [0.25, 0.3) is 22.4 Å². The Balaban J connectivity index is 1.73. The van der Waals surface area contributed by atoms with Crippen LogP contribution in [0.3, 0.4) is 0 Å². The second kappa shape index (κ2) is 6.76. The van der Waals surface area contributed by atoms with Gasteiger partial charge in [-0.1, -0.05) is 0 Å². The minimum absolute atomic E-state index is 0.180. The number of fused-ring (bicyclic) bond motifs is 1. The molecule has 0 fully saturated rings. The number of hydrogen-bond acceptors (Lipinski definition) is 6. The van der Waals surface area contributed by atoms with E-state index < -0.39 is 0 Å². The molecule has 4 aromatic rings. The van der Waals surface area contributed by atoms with Crippen molar-refractivity contribution in [3.05, 3.63) is 53.2 Å². The van der Waals surface area contributed by atoms with E-state index in [1.807, 2.05) is 19.9 Å². The molecule has 138 valence electrons. The van der Waals surface area contributed by atoms with E-state index in [1.165, 1.54) is 12.3 Å². The Morgan fingerprint density at radius 3 is 2.70 bits per heavy atom. The lowest BCUT2D eigenvalue weighted by atomic mass is 10.1. The molecule has 4 rings (SSSR count). The second-order valence-electron chi connectivity index (χ2n) is 6.32. The number of halogens is 1. The van der Waals surface area contributed by atoms with Gasteiger partial charge in [0.25, 0.3) is 0 Å². The van der Waals surface area contributed by atoms with Crippen molar-refractivity contribution in [1.82, 2.24) is 30.4 Å². The van der Waals surface area contributed by atoms with Gasteiger partial charge in [-0.2, -0.15) is 10.2 Å². The molecule has 9 heteroatoms. The van der Waals surface area contributed by atoms with Crippen molar-refractivity contribution in [2.75, 3.05) is 5.32 Å². The maximum atomic E-state index is 13.1. The van der Waals surface area contributed by atoms with Crippen LogP contribution in [0.4, 0.5) is 10.2 Å². The largest absolute Gasteiger partial charge is 0.392 e. The van der Waals surface area contributed by atoms with E-state index in [4.69, 9.17) is 0 Å². The lowest BCUT2D eigenvalue weighted by molar-refractivity contribution is 0.283. The first-order valence-electron chi connectivity index (χ1n) is 8.44.